The minimum atomic E-state index is -4.58. The maximum absolute atomic E-state index is 13.3. The second-order valence-electron chi connectivity index (χ2n) is 6.90. The lowest BCUT2D eigenvalue weighted by molar-refractivity contribution is -0.141. The van der Waals surface area contributed by atoms with Crippen molar-refractivity contribution in [3.8, 4) is 11.4 Å². The molecule has 0 aliphatic heterocycles. The fourth-order valence-electron chi connectivity index (χ4n) is 2.90. The summed E-state index contributed by atoms with van der Waals surface area (Å²) in [4.78, 5) is 27.6. The molecule has 4 rings (SSSR count). The smallest absolute Gasteiger partial charge is 0.366 e. The van der Waals surface area contributed by atoms with Gasteiger partial charge in [0.15, 0.2) is 5.82 Å². The van der Waals surface area contributed by atoms with Crippen molar-refractivity contribution in [3.05, 3.63) is 53.6 Å². The lowest BCUT2D eigenvalue weighted by Gasteiger charge is -2.09. The second kappa shape index (κ2) is 7.32. The van der Waals surface area contributed by atoms with E-state index in [2.05, 4.69) is 25.0 Å². The third-order valence-corrected chi connectivity index (χ3v) is 4.58. The van der Waals surface area contributed by atoms with Crippen molar-refractivity contribution in [2.24, 2.45) is 5.73 Å². The Morgan fingerprint density at radius 3 is 2.50 bits per heavy atom. The number of rotatable bonds is 5. The van der Waals surface area contributed by atoms with E-state index in [1.54, 1.807) is 13.0 Å². The van der Waals surface area contributed by atoms with Gasteiger partial charge < -0.3 is 5.73 Å². The first kappa shape index (κ1) is 19.7. The van der Waals surface area contributed by atoms with Gasteiger partial charge in [-0.1, -0.05) is 0 Å². The number of nitrogens with two attached hydrogens (primary N) is 1. The number of hydrogen-bond donors (Lipinski definition) is 1. The van der Waals surface area contributed by atoms with E-state index >= 15 is 0 Å². The van der Waals surface area contributed by atoms with Gasteiger partial charge in [0.25, 0.3) is 5.91 Å². The number of hydrogen-bond acceptors (Lipinski definition) is 6. The third kappa shape index (κ3) is 4.04. The number of halogens is 3. The SMILES string of the molecule is Cc1nc(-c2cc(C3CC3)nc(C(F)(F)F)c2)nn1/C=C(/C(N)=O)c1cncnc1. The Labute approximate surface area is 168 Å². The van der Waals surface area contributed by atoms with E-state index in [4.69, 9.17) is 5.73 Å². The molecule has 3 heterocycles. The van der Waals surface area contributed by atoms with Gasteiger partial charge in [-0.2, -0.15) is 13.2 Å². The maximum atomic E-state index is 13.3. The molecular formula is C19H16F3N7O. The summed E-state index contributed by atoms with van der Waals surface area (Å²) in [5.41, 5.74) is 5.52. The largest absolute Gasteiger partial charge is 0.433 e. The highest BCUT2D eigenvalue weighted by Gasteiger charge is 2.35. The Morgan fingerprint density at radius 1 is 1.20 bits per heavy atom. The van der Waals surface area contributed by atoms with Gasteiger partial charge in [0, 0.05) is 41.3 Å². The van der Waals surface area contributed by atoms with Crippen LogP contribution in [0.5, 0.6) is 0 Å². The van der Waals surface area contributed by atoms with Crippen LogP contribution in [0.15, 0.2) is 30.9 Å². The average molecular weight is 415 g/mol. The highest BCUT2D eigenvalue weighted by Crippen LogP contribution is 2.41. The van der Waals surface area contributed by atoms with Gasteiger partial charge in [-0.25, -0.2) is 24.6 Å². The highest BCUT2D eigenvalue weighted by molar-refractivity contribution is 6.22. The Bertz CT molecular complexity index is 1130. The van der Waals surface area contributed by atoms with Gasteiger partial charge in [-0.05, 0) is 31.9 Å². The van der Waals surface area contributed by atoms with Gasteiger partial charge in [0.1, 0.15) is 17.8 Å². The molecular weight excluding hydrogens is 399 g/mol. The summed E-state index contributed by atoms with van der Waals surface area (Å²) in [6, 6.07) is 2.50. The first-order valence-electron chi connectivity index (χ1n) is 9.02. The molecule has 0 atom stereocenters. The van der Waals surface area contributed by atoms with Crippen LogP contribution in [-0.4, -0.2) is 35.6 Å². The minimum Gasteiger partial charge on any atom is -0.366 e. The molecule has 1 amide bonds. The third-order valence-electron chi connectivity index (χ3n) is 4.58. The van der Waals surface area contributed by atoms with Crippen LogP contribution < -0.4 is 5.73 Å². The van der Waals surface area contributed by atoms with Gasteiger partial charge in [0.2, 0.25) is 0 Å². The van der Waals surface area contributed by atoms with Crippen LogP contribution in [0.3, 0.4) is 0 Å². The van der Waals surface area contributed by atoms with Crippen LogP contribution in [0.4, 0.5) is 13.2 Å². The predicted molar refractivity (Wildman–Crippen MR) is 100 cm³/mol. The normalized spacial score (nSPS) is 14.7. The lowest BCUT2D eigenvalue weighted by atomic mass is 10.1. The van der Waals surface area contributed by atoms with Crippen molar-refractivity contribution in [3.63, 3.8) is 0 Å². The number of amides is 1. The average Bonchev–Trinajstić information content (AvgIpc) is 3.49. The molecule has 3 aromatic heterocycles. The first-order valence-corrected chi connectivity index (χ1v) is 9.02. The summed E-state index contributed by atoms with van der Waals surface area (Å²) in [6.07, 6.45) is 2.51. The molecule has 0 aromatic carbocycles. The molecule has 0 saturated heterocycles. The summed E-state index contributed by atoms with van der Waals surface area (Å²) >= 11 is 0. The van der Waals surface area contributed by atoms with Crippen LogP contribution >= 0.6 is 0 Å². The van der Waals surface area contributed by atoms with E-state index in [1.165, 1.54) is 29.6 Å². The summed E-state index contributed by atoms with van der Waals surface area (Å²) in [6.45, 7) is 1.61. The van der Waals surface area contributed by atoms with Crippen LogP contribution in [0.2, 0.25) is 0 Å². The summed E-state index contributed by atoms with van der Waals surface area (Å²) in [5.74, 6) is -0.264. The quantitative estimate of drug-likeness (QED) is 0.641. The second-order valence-corrected chi connectivity index (χ2v) is 6.90. The van der Waals surface area contributed by atoms with E-state index in [0.29, 0.717) is 17.1 Å². The number of aromatic nitrogens is 6. The molecule has 0 spiro atoms. The zero-order valence-electron chi connectivity index (χ0n) is 15.8. The number of aryl methyl sites for hydroxylation is 1. The van der Waals surface area contributed by atoms with E-state index < -0.39 is 17.8 Å². The van der Waals surface area contributed by atoms with Crippen molar-refractivity contribution in [2.45, 2.75) is 31.9 Å². The van der Waals surface area contributed by atoms with Gasteiger partial charge in [-0.3, -0.25) is 4.79 Å². The molecule has 30 heavy (non-hydrogen) atoms. The molecule has 11 heteroatoms. The number of pyridine rings is 1. The summed E-state index contributed by atoms with van der Waals surface area (Å²) in [7, 11) is 0. The van der Waals surface area contributed by atoms with Gasteiger partial charge >= 0.3 is 6.18 Å². The maximum Gasteiger partial charge on any atom is 0.433 e. The molecule has 8 nitrogen and oxygen atoms in total. The van der Waals surface area contributed by atoms with Crippen LogP contribution in [-0.2, 0) is 11.0 Å². The molecule has 3 aromatic rings. The number of nitrogens with zero attached hydrogens (tertiary/aromatic N) is 6. The fourth-order valence-corrected chi connectivity index (χ4v) is 2.90. The van der Waals surface area contributed by atoms with Crippen molar-refractivity contribution in [2.75, 3.05) is 0 Å². The molecule has 1 saturated carbocycles. The number of alkyl halides is 3. The van der Waals surface area contributed by atoms with Crippen molar-refractivity contribution in [1.82, 2.24) is 29.7 Å². The molecule has 0 bridgehead atoms. The molecule has 1 fully saturated rings. The fraction of sp³-hybridized carbons (Fsp3) is 0.263. The summed E-state index contributed by atoms with van der Waals surface area (Å²) in [5, 5.41) is 4.26. The lowest BCUT2D eigenvalue weighted by Crippen LogP contribution is -2.14. The predicted octanol–water partition coefficient (Wildman–Crippen LogP) is 2.82. The Morgan fingerprint density at radius 2 is 1.90 bits per heavy atom. The molecule has 0 radical (unpaired) electrons. The first-order chi connectivity index (χ1) is 14.2. The monoisotopic (exact) mass is 415 g/mol. The van der Waals surface area contributed by atoms with E-state index in [0.717, 1.165) is 18.9 Å². The van der Waals surface area contributed by atoms with E-state index in [1.807, 2.05) is 0 Å². The van der Waals surface area contributed by atoms with Crippen LogP contribution in [0.25, 0.3) is 23.2 Å². The zero-order chi connectivity index (χ0) is 21.5. The Kier molecular flexibility index (Phi) is 4.80. The zero-order valence-corrected chi connectivity index (χ0v) is 15.8. The molecule has 0 unspecified atom stereocenters. The minimum absolute atomic E-state index is 0.0219. The van der Waals surface area contributed by atoms with Crippen molar-refractivity contribution >= 4 is 17.7 Å². The Balaban J connectivity index is 1.78. The van der Waals surface area contributed by atoms with Gasteiger partial charge in [0.05, 0.1) is 5.57 Å². The molecule has 154 valence electrons. The molecule has 2 N–H and O–H groups in total. The van der Waals surface area contributed by atoms with E-state index in [-0.39, 0.29) is 22.9 Å². The van der Waals surface area contributed by atoms with Crippen LogP contribution in [0, 0.1) is 6.92 Å². The number of carbonyl (C=O) groups is 1. The van der Waals surface area contributed by atoms with Crippen molar-refractivity contribution in [1.29, 1.82) is 0 Å². The highest BCUT2D eigenvalue weighted by atomic mass is 19.4. The van der Waals surface area contributed by atoms with Crippen molar-refractivity contribution < 1.29 is 18.0 Å². The molecule has 1 aliphatic carbocycles. The molecule has 1 aliphatic rings. The Hall–Kier alpha value is -3.63. The number of primary amides is 1. The topological polar surface area (TPSA) is 112 Å². The van der Waals surface area contributed by atoms with Gasteiger partial charge in [-0.15, -0.1) is 5.10 Å². The van der Waals surface area contributed by atoms with Crippen LogP contribution in [0.1, 0.15) is 41.5 Å². The van der Waals surface area contributed by atoms with E-state index in [9.17, 15) is 18.0 Å². The standard InChI is InChI=1S/C19H16F3N7O/c1-10-26-18(12-4-15(11-2-3-11)27-16(5-12)19(20,21)22)28-29(10)8-14(17(23)30)13-6-24-9-25-7-13/h4-9,11H,2-3H2,1H3,(H2,23,30)/b14-8+. The number of carbonyl (C=O) groups excluding carboxylic acids is 1. The summed E-state index contributed by atoms with van der Waals surface area (Å²) < 4.78 is 41.2.